The van der Waals surface area contributed by atoms with Crippen molar-refractivity contribution in [2.45, 2.75) is 125 Å². The molecule has 3 heterocycles. The zero-order valence-electron chi connectivity index (χ0n) is 65.9. The topological polar surface area (TPSA) is 196 Å². The molecule has 6 aromatic carbocycles. The van der Waals surface area contributed by atoms with Gasteiger partial charge in [0.2, 0.25) is 17.6 Å². The van der Waals surface area contributed by atoms with Crippen LogP contribution in [0.25, 0.3) is 0 Å². The van der Waals surface area contributed by atoms with Gasteiger partial charge in [-0.25, -0.2) is 36.3 Å². The summed E-state index contributed by atoms with van der Waals surface area (Å²) in [5, 5.41) is 5.34. The molecule has 3 saturated carbocycles. The third kappa shape index (κ3) is 22.4. The van der Waals surface area contributed by atoms with Crippen molar-refractivity contribution in [2.75, 3.05) is 43.7 Å². The fraction of sp³-hybridized carbons (Fsp3) is 0.305. The molecule has 16 nitrogen and oxygen atoms in total. The Morgan fingerprint density at radius 2 is 0.811 bits per heavy atom. The standard InChI is InChI=1S/C28H19BrF11N3O2.C27H16BrF12N3O2.C27H20BrF8N3O3/c1-13(14-5-6-14)43(24(45)15-7-9-41-10-8-15)20-4-2-3-17(21(20)30)23(44)42-22-18(26(32,33)34)11-16(12-19(22)29)25(31,27(35,36)37)28(38,39)40;28-17-9-14(24(31,26(35,36)37)27(38,39)40)8-16(25(32,33)34)21(17)42-22(44)15-2-1-3-18(20(15)30)43(11-12-4-5-12)23(45)13-6-7-19(29)41-10-13;1-26(33,27(34,35)36)15-10-17(28)22(19(11-15)42-25(31)32)38-23(40)16-3-2-4-18(21(16)30)39(12-13-5-6-13)24(41)14-7-8-37-20(29)9-14/h2-4,7-14H,5-6H2,1H3,(H,42,44);1-3,6-10,12H,4-5,11H2,(H,42,44);2-4,7-11,13,25H,5-6,12H2,1H3,(H,38,40). The van der Waals surface area contributed by atoms with Gasteiger partial charge in [-0.05, 0) is 221 Å². The van der Waals surface area contributed by atoms with E-state index in [4.69, 9.17) is 0 Å². The largest absolute Gasteiger partial charge is 0.435 e. The molecule has 0 spiro atoms. The molecule has 0 radical (unpaired) electrons. The maximum absolute atomic E-state index is 15.9. The highest BCUT2D eigenvalue weighted by Gasteiger charge is 2.75. The Kier molecular flexibility index (Phi) is 30.1. The van der Waals surface area contributed by atoms with E-state index < -0.39 is 242 Å². The van der Waals surface area contributed by atoms with Crippen LogP contribution in [0.4, 0.5) is 170 Å². The first-order valence-electron chi connectivity index (χ1n) is 37.4. The Balaban J connectivity index is 0.000000206. The van der Waals surface area contributed by atoms with Crippen LogP contribution in [-0.2, 0) is 29.4 Å². The Morgan fingerprint density at radius 3 is 1.18 bits per heavy atom. The smallest absolute Gasteiger partial charge is 0.433 e. The summed E-state index contributed by atoms with van der Waals surface area (Å²) in [7, 11) is 0. The lowest BCUT2D eigenvalue weighted by Crippen LogP contribution is -2.50. The molecular weight excluding hydrogens is 2050 g/mol. The van der Waals surface area contributed by atoms with Crippen molar-refractivity contribution in [2.24, 2.45) is 17.8 Å². The number of carbonyl (C=O) groups is 6. The number of hydrogen-bond donors (Lipinski definition) is 3. The first-order chi connectivity index (χ1) is 61.0. The number of amides is 6. The van der Waals surface area contributed by atoms with Gasteiger partial charge in [-0.3, -0.25) is 33.8 Å². The molecule has 3 fully saturated rings. The lowest BCUT2D eigenvalue weighted by molar-refractivity contribution is -0.349. The lowest BCUT2D eigenvalue weighted by Gasteiger charge is -2.31. The number of alkyl halides is 26. The van der Waals surface area contributed by atoms with Gasteiger partial charge in [-0.2, -0.15) is 110 Å². The number of hydrogen-bond acceptors (Lipinski definition) is 10. The highest BCUT2D eigenvalue weighted by molar-refractivity contribution is 9.11. The molecule has 0 saturated heterocycles. The van der Waals surface area contributed by atoms with Crippen LogP contribution < -0.4 is 35.4 Å². The van der Waals surface area contributed by atoms with Crippen LogP contribution in [-0.4, -0.2) is 107 Å². The molecule has 3 aromatic heterocycles. The number of halogens is 34. The number of rotatable bonds is 23. The second-order valence-electron chi connectivity index (χ2n) is 29.5. The van der Waals surface area contributed by atoms with E-state index in [0.29, 0.717) is 37.8 Å². The van der Waals surface area contributed by atoms with Gasteiger partial charge in [-0.1, -0.05) is 18.2 Å². The van der Waals surface area contributed by atoms with Gasteiger partial charge in [-0.15, -0.1) is 0 Å². The number of nitrogens with one attached hydrogen (secondary N) is 3. The van der Waals surface area contributed by atoms with Crippen molar-refractivity contribution in [3.8, 4) is 5.75 Å². The first kappa shape index (κ1) is 103. The van der Waals surface area contributed by atoms with E-state index >= 15 is 13.2 Å². The molecule has 0 bridgehead atoms. The minimum absolute atomic E-state index is 0.0268. The van der Waals surface area contributed by atoms with Crippen LogP contribution in [0.1, 0.15) is 142 Å². The molecule has 0 aliphatic heterocycles. The predicted octanol–water partition coefficient (Wildman–Crippen LogP) is 25.5. The predicted molar refractivity (Wildman–Crippen MR) is 417 cm³/mol. The summed E-state index contributed by atoms with van der Waals surface area (Å²) in [6.07, 6.45) is -35.1. The van der Waals surface area contributed by atoms with Gasteiger partial charge in [0.05, 0.1) is 67.5 Å². The van der Waals surface area contributed by atoms with E-state index in [1.807, 2.05) is 0 Å². The molecule has 2 unspecified atom stereocenters. The maximum atomic E-state index is 15.9. The summed E-state index contributed by atoms with van der Waals surface area (Å²) in [5.41, 5.74) is -34.6. The molecule has 132 heavy (non-hydrogen) atoms. The number of aromatic nitrogens is 3. The van der Waals surface area contributed by atoms with E-state index in [-0.39, 0.29) is 72.3 Å². The van der Waals surface area contributed by atoms with Crippen LogP contribution in [0.2, 0.25) is 0 Å². The van der Waals surface area contributed by atoms with Gasteiger partial charge in [0.1, 0.15) is 0 Å². The Labute approximate surface area is 747 Å². The van der Waals surface area contributed by atoms with E-state index in [2.05, 4.69) is 72.8 Å². The summed E-state index contributed by atoms with van der Waals surface area (Å²) < 4.78 is 428. The van der Waals surface area contributed by atoms with Crippen molar-refractivity contribution in [3.63, 3.8) is 0 Å². The number of pyridine rings is 3. The van der Waals surface area contributed by atoms with E-state index in [1.54, 1.807) is 17.6 Å². The van der Waals surface area contributed by atoms with Gasteiger partial charge < -0.3 is 35.4 Å². The first-order valence-corrected chi connectivity index (χ1v) is 39.8. The molecular formula is C82H55Br3F31N9O7. The molecule has 6 amide bonds. The Hall–Kier alpha value is -11.3. The van der Waals surface area contributed by atoms with Crippen molar-refractivity contribution >= 4 is 117 Å². The summed E-state index contributed by atoms with van der Waals surface area (Å²) in [6, 6.07) is 14.6. The zero-order valence-corrected chi connectivity index (χ0v) is 70.6. The van der Waals surface area contributed by atoms with Crippen LogP contribution in [0.3, 0.4) is 0 Å². The minimum atomic E-state index is -6.74. The van der Waals surface area contributed by atoms with Crippen LogP contribution in [0, 0.1) is 47.1 Å². The molecule has 12 rings (SSSR count). The highest BCUT2D eigenvalue weighted by atomic mass is 79.9. The second-order valence-corrected chi connectivity index (χ2v) is 32.1. The third-order valence-corrected chi connectivity index (χ3v) is 22.2. The molecule has 3 aliphatic rings. The minimum Gasteiger partial charge on any atom is -0.433 e. The SMILES string of the molecule is CC(C1CC1)N(C(=O)c1ccncc1)c1cccc(C(=O)Nc2c(Br)cc(C(F)(C(F)(F)F)C(F)(F)F)cc2C(F)(F)F)c1F.CC(F)(c1cc(Br)c(NC(=O)c2cccc(N(CC3CC3)C(=O)c3ccnc(F)c3)c2F)c(OC(F)F)c1)C(F)(F)F.O=C(Nc1c(Br)cc(C(F)(C(F)(F)F)C(F)(F)F)cc1C(F)(F)F)c1cccc(N(CC2CC2)C(=O)c2ccc(F)nc2)c1F. The normalized spacial score (nSPS) is 14.7. The second kappa shape index (κ2) is 38.7. The van der Waals surface area contributed by atoms with Crippen molar-refractivity contribution < 1.29 is 170 Å². The number of nitrogens with zero attached hydrogens (tertiary/aromatic N) is 6. The number of anilines is 6. The maximum Gasteiger partial charge on any atom is 0.435 e. The lowest BCUT2D eigenvalue weighted by atomic mass is 9.92. The highest BCUT2D eigenvalue weighted by Crippen LogP contribution is 2.58. The van der Waals surface area contributed by atoms with Crippen molar-refractivity contribution in [1.29, 1.82) is 0 Å². The fourth-order valence-electron chi connectivity index (χ4n) is 12.8. The van der Waals surface area contributed by atoms with Crippen molar-refractivity contribution in [3.05, 3.63) is 256 Å². The van der Waals surface area contributed by atoms with E-state index in [1.165, 1.54) is 42.7 Å². The van der Waals surface area contributed by atoms with E-state index in [0.717, 1.165) is 101 Å². The van der Waals surface area contributed by atoms with Gasteiger partial charge in [0.15, 0.2) is 23.2 Å². The summed E-state index contributed by atoms with van der Waals surface area (Å²) in [6.45, 7) is -1.81. The number of ether oxygens (including phenoxy) is 1. The molecule has 3 N–H and O–H groups in total. The zero-order chi connectivity index (χ0) is 98.4. The van der Waals surface area contributed by atoms with Crippen LogP contribution in [0.15, 0.2) is 166 Å². The quantitative estimate of drug-likeness (QED) is 0.0409. The average molecular weight is 2110 g/mol. The molecule has 9 aromatic rings. The van der Waals surface area contributed by atoms with Crippen LogP contribution in [0.5, 0.6) is 5.75 Å². The molecule has 3 aliphatic carbocycles. The summed E-state index contributed by atoms with van der Waals surface area (Å²) >= 11 is 7.59. The Bertz CT molecular complexity index is 5820. The van der Waals surface area contributed by atoms with E-state index in [9.17, 15) is 152 Å². The number of carbonyl (C=O) groups excluding carboxylic acids is 6. The third-order valence-electron chi connectivity index (χ3n) is 20.3. The fourth-order valence-corrected chi connectivity index (χ4v) is 14.5. The summed E-state index contributed by atoms with van der Waals surface area (Å²) in [4.78, 5) is 92.6. The van der Waals surface area contributed by atoms with Gasteiger partial charge >= 0.3 is 61.2 Å². The molecule has 2 atom stereocenters. The summed E-state index contributed by atoms with van der Waals surface area (Å²) in [5.74, 6) is -13.8. The van der Waals surface area contributed by atoms with Crippen LogP contribution >= 0.6 is 47.8 Å². The molecule has 50 heteroatoms. The van der Waals surface area contributed by atoms with Gasteiger partial charge in [0, 0.05) is 91.2 Å². The van der Waals surface area contributed by atoms with Gasteiger partial charge in [0.25, 0.3) is 35.4 Å². The average Bonchev–Trinajstić information content (AvgIpc) is 1.06. The Morgan fingerprint density at radius 1 is 0.424 bits per heavy atom. The monoisotopic (exact) mass is 2100 g/mol. The molecule has 708 valence electrons. The number of benzene rings is 6. The van der Waals surface area contributed by atoms with Crippen molar-refractivity contribution in [1.82, 2.24) is 15.0 Å².